The summed E-state index contributed by atoms with van der Waals surface area (Å²) in [6, 6.07) is 7.34. The fourth-order valence-corrected chi connectivity index (χ4v) is 2.54. The van der Waals surface area contributed by atoms with Gasteiger partial charge in [-0.05, 0) is 48.2 Å². The first-order valence-electron chi connectivity index (χ1n) is 6.45. The van der Waals surface area contributed by atoms with Crippen LogP contribution in [0.15, 0.2) is 24.4 Å². The van der Waals surface area contributed by atoms with Crippen LogP contribution in [0, 0.1) is 18.3 Å². The van der Waals surface area contributed by atoms with Gasteiger partial charge in [-0.3, -0.25) is 0 Å². The van der Waals surface area contributed by atoms with Gasteiger partial charge in [0.05, 0.1) is 7.11 Å². The van der Waals surface area contributed by atoms with Crippen LogP contribution in [0.4, 0.5) is 0 Å². The van der Waals surface area contributed by atoms with Crippen LogP contribution in [0.25, 0.3) is 11.1 Å². The molecule has 0 fully saturated rings. The first-order chi connectivity index (χ1) is 10.1. The molecule has 0 radical (unpaired) electrons. The highest BCUT2D eigenvalue weighted by Crippen LogP contribution is 2.40. The summed E-state index contributed by atoms with van der Waals surface area (Å²) in [5.74, 6) is 0.668. The number of hydrogen-bond acceptors (Lipinski definition) is 4. The van der Waals surface area contributed by atoms with Crippen LogP contribution in [-0.4, -0.2) is 23.8 Å². The minimum Gasteiger partial charge on any atom is -0.496 e. The number of ether oxygens (including phenoxy) is 1. The molecule has 0 bridgehead atoms. The number of nitrogens with zero attached hydrogens (tertiary/aromatic N) is 2. The van der Waals surface area contributed by atoms with Crippen molar-refractivity contribution < 1.29 is 9.84 Å². The van der Waals surface area contributed by atoms with Crippen molar-refractivity contribution in [2.45, 2.75) is 13.3 Å². The van der Waals surface area contributed by atoms with Gasteiger partial charge >= 0.3 is 0 Å². The standard InChI is InChI=1S/C16H15ClN2O2/c1-10-14(17)8-12(4-6-20)16(21-2)15(10)11-3-5-19-13(7-11)9-18/h3,5,7-8,20H,4,6H2,1-2H3. The van der Waals surface area contributed by atoms with Crippen molar-refractivity contribution in [3.8, 4) is 22.9 Å². The van der Waals surface area contributed by atoms with Crippen molar-refractivity contribution in [3.63, 3.8) is 0 Å². The molecule has 0 atom stereocenters. The molecule has 2 aromatic rings. The van der Waals surface area contributed by atoms with Gasteiger partial charge in [-0.25, -0.2) is 4.98 Å². The zero-order valence-corrected chi connectivity index (χ0v) is 12.6. The summed E-state index contributed by atoms with van der Waals surface area (Å²) in [5.41, 5.74) is 3.67. The van der Waals surface area contributed by atoms with Crippen molar-refractivity contribution in [1.29, 1.82) is 5.26 Å². The molecular weight excluding hydrogens is 288 g/mol. The predicted molar refractivity (Wildman–Crippen MR) is 81.5 cm³/mol. The highest BCUT2D eigenvalue weighted by molar-refractivity contribution is 6.32. The van der Waals surface area contributed by atoms with E-state index in [0.717, 1.165) is 22.3 Å². The molecule has 108 valence electrons. The largest absolute Gasteiger partial charge is 0.496 e. The minimum absolute atomic E-state index is 0.00891. The third kappa shape index (κ3) is 2.99. The van der Waals surface area contributed by atoms with Gasteiger partial charge in [0.15, 0.2) is 0 Å². The van der Waals surface area contributed by atoms with Crippen molar-refractivity contribution in [2.24, 2.45) is 0 Å². The third-order valence-corrected chi connectivity index (χ3v) is 3.69. The quantitative estimate of drug-likeness (QED) is 0.942. The van der Waals surface area contributed by atoms with E-state index >= 15 is 0 Å². The van der Waals surface area contributed by atoms with Gasteiger partial charge in [-0.1, -0.05) is 11.6 Å². The van der Waals surface area contributed by atoms with E-state index in [1.807, 2.05) is 25.1 Å². The maximum absolute atomic E-state index is 9.19. The summed E-state index contributed by atoms with van der Waals surface area (Å²) < 4.78 is 5.52. The van der Waals surface area contributed by atoms with Crippen molar-refractivity contribution in [1.82, 2.24) is 4.98 Å². The molecule has 5 heteroatoms. The Bertz CT molecular complexity index is 708. The average molecular weight is 303 g/mol. The summed E-state index contributed by atoms with van der Waals surface area (Å²) in [6.07, 6.45) is 2.03. The van der Waals surface area contributed by atoms with Crippen molar-refractivity contribution >= 4 is 11.6 Å². The van der Waals surface area contributed by atoms with Crippen LogP contribution in [0.5, 0.6) is 5.75 Å². The van der Waals surface area contributed by atoms with E-state index in [1.165, 1.54) is 0 Å². The zero-order valence-electron chi connectivity index (χ0n) is 11.9. The fourth-order valence-electron chi connectivity index (χ4n) is 2.31. The molecule has 1 N–H and O–H groups in total. The lowest BCUT2D eigenvalue weighted by atomic mass is 9.95. The molecule has 0 aliphatic rings. The van der Waals surface area contributed by atoms with Crippen molar-refractivity contribution in [3.05, 3.63) is 46.2 Å². The summed E-state index contributed by atoms with van der Waals surface area (Å²) in [6.45, 7) is 1.91. The summed E-state index contributed by atoms with van der Waals surface area (Å²) in [4.78, 5) is 3.97. The molecule has 0 amide bonds. The Kier molecular flexibility index (Phi) is 4.79. The molecule has 1 heterocycles. The normalized spacial score (nSPS) is 10.2. The van der Waals surface area contributed by atoms with Gasteiger partial charge in [0, 0.05) is 23.4 Å². The average Bonchev–Trinajstić information content (AvgIpc) is 2.50. The van der Waals surface area contributed by atoms with Gasteiger partial charge in [0.25, 0.3) is 0 Å². The Balaban J connectivity index is 2.73. The monoisotopic (exact) mass is 302 g/mol. The van der Waals surface area contributed by atoms with Crippen LogP contribution >= 0.6 is 11.6 Å². The lowest BCUT2D eigenvalue weighted by molar-refractivity contribution is 0.297. The van der Waals surface area contributed by atoms with E-state index < -0.39 is 0 Å². The van der Waals surface area contributed by atoms with Crippen LogP contribution in [0.3, 0.4) is 0 Å². The Labute approximate surface area is 128 Å². The SMILES string of the molecule is COc1c(CCO)cc(Cl)c(C)c1-c1ccnc(C#N)c1. The molecule has 1 aromatic heterocycles. The smallest absolute Gasteiger partial charge is 0.141 e. The van der Waals surface area contributed by atoms with Gasteiger partial charge in [0.1, 0.15) is 17.5 Å². The Morgan fingerprint density at radius 3 is 2.81 bits per heavy atom. The fraction of sp³-hybridized carbons (Fsp3) is 0.250. The lowest BCUT2D eigenvalue weighted by Crippen LogP contribution is -2.01. The number of hydrogen-bond donors (Lipinski definition) is 1. The number of halogens is 1. The first-order valence-corrected chi connectivity index (χ1v) is 6.83. The van der Waals surface area contributed by atoms with Gasteiger partial charge < -0.3 is 9.84 Å². The summed E-state index contributed by atoms with van der Waals surface area (Å²) in [7, 11) is 1.58. The Morgan fingerprint density at radius 1 is 1.43 bits per heavy atom. The first kappa shape index (κ1) is 15.3. The number of pyridine rings is 1. The van der Waals surface area contributed by atoms with E-state index in [0.29, 0.717) is 22.9 Å². The molecule has 21 heavy (non-hydrogen) atoms. The second kappa shape index (κ2) is 6.57. The maximum atomic E-state index is 9.19. The molecule has 4 nitrogen and oxygen atoms in total. The number of aromatic nitrogens is 1. The van der Waals surface area contributed by atoms with Gasteiger partial charge in [-0.15, -0.1) is 0 Å². The van der Waals surface area contributed by atoms with Gasteiger partial charge in [-0.2, -0.15) is 5.26 Å². The van der Waals surface area contributed by atoms with Crippen molar-refractivity contribution in [2.75, 3.05) is 13.7 Å². The van der Waals surface area contributed by atoms with Crippen LogP contribution < -0.4 is 4.74 Å². The lowest BCUT2D eigenvalue weighted by Gasteiger charge is -2.17. The number of nitriles is 1. The molecule has 0 saturated heterocycles. The highest BCUT2D eigenvalue weighted by atomic mass is 35.5. The molecule has 0 saturated carbocycles. The van der Waals surface area contributed by atoms with E-state index in [4.69, 9.17) is 21.6 Å². The Hall–Kier alpha value is -2.09. The second-order valence-electron chi connectivity index (χ2n) is 4.57. The van der Waals surface area contributed by atoms with E-state index in [-0.39, 0.29) is 6.61 Å². The summed E-state index contributed by atoms with van der Waals surface area (Å²) in [5, 5.41) is 18.8. The van der Waals surface area contributed by atoms with Crippen LogP contribution in [0.1, 0.15) is 16.8 Å². The van der Waals surface area contributed by atoms with Crippen LogP contribution in [0.2, 0.25) is 5.02 Å². The van der Waals surface area contributed by atoms with E-state index in [2.05, 4.69) is 4.98 Å². The maximum Gasteiger partial charge on any atom is 0.141 e. The minimum atomic E-state index is 0.00891. The molecule has 0 aliphatic heterocycles. The highest BCUT2D eigenvalue weighted by Gasteiger charge is 2.17. The zero-order chi connectivity index (χ0) is 15.4. The molecule has 0 spiro atoms. The molecule has 2 rings (SSSR count). The van der Waals surface area contributed by atoms with E-state index in [1.54, 1.807) is 19.4 Å². The van der Waals surface area contributed by atoms with Crippen LogP contribution in [-0.2, 0) is 6.42 Å². The topological polar surface area (TPSA) is 66.1 Å². The Morgan fingerprint density at radius 2 is 2.19 bits per heavy atom. The second-order valence-corrected chi connectivity index (χ2v) is 4.97. The molecular formula is C16H15ClN2O2. The molecule has 0 aliphatic carbocycles. The number of methoxy groups -OCH3 is 1. The molecule has 0 unspecified atom stereocenters. The number of benzene rings is 1. The number of aliphatic hydroxyl groups excluding tert-OH is 1. The predicted octanol–water partition coefficient (Wildman–Crippen LogP) is 3.13. The molecule has 1 aromatic carbocycles. The van der Waals surface area contributed by atoms with E-state index in [9.17, 15) is 5.11 Å². The third-order valence-electron chi connectivity index (χ3n) is 3.30. The summed E-state index contributed by atoms with van der Waals surface area (Å²) >= 11 is 6.29. The number of aliphatic hydroxyl groups is 1. The van der Waals surface area contributed by atoms with Gasteiger partial charge in [0.2, 0.25) is 0 Å². The number of rotatable bonds is 4.